The Morgan fingerprint density at radius 1 is 1.17 bits per heavy atom. The summed E-state index contributed by atoms with van der Waals surface area (Å²) in [5.74, 6) is -0.403. The molecule has 2 aromatic rings. The van der Waals surface area contributed by atoms with E-state index in [1.54, 1.807) is 24.3 Å². The number of carbonyl (C=O) groups excluding carboxylic acids is 2. The van der Waals surface area contributed by atoms with Gasteiger partial charge in [-0.05, 0) is 57.0 Å². The van der Waals surface area contributed by atoms with Crippen LogP contribution in [0, 0.1) is 0 Å². The van der Waals surface area contributed by atoms with E-state index in [0.29, 0.717) is 23.0 Å². The van der Waals surface area contributed by atoms with Crippen LogP contribution >= 0.6 is 11.3 Å². The third-order valence-corrected chi connectivity index (χ3v) is 6.03. The lowest BCUT2D eigenvalue weighted by molar-refractivity contribution is -0.124. The minimum atomic E-state index is -0.402. The predicted octanol–water partition coefficient (Wildman–Crippen LogP) is 3.50. The molecule has 154 valence electrons. The van der Waals surface area contributed by atoms with E-state index in [0.717, 1.165) is 38.2 Å². The number of amides is 2. The maximum absolute atomic E-state index is 12.6. The van der Waals surface area contributed by atoms with Gasteiger partial charge in [0.2, 0.25) is 0 Å². The van der Waals surface area contributed by atoms with E-state index in [4.69, 9.17) is 4.74 Å². The first-order valence-corrected chi connectivity index (χ1v) is 11.1. The van der Waals surface area contributed by atoms with Crippen molar-refractivity contribution >= 4 is 34.0 Å². The van der Waals surface area contributed by atoms with Gasteiger partial charge in [0, 0.05) is 29.8 Å². The lowest BCUT2D eigenvalue weighted by Gasteiger charge is -2.25. The number of aromatic nitrogens is 1. The molecule has 0 saturated carbocycles. The maximum Gasteiger partial charge on any atom is 0.257 e. The molecule has 0 radical (unpaired) electrons. The quantitative estimate of drug-likeness (QED) is 0.756. The van der Waals surface area contributed by atoms with E-state index in [-0.39, 0.29) is 11.8 Å². The number of rotatable bonds is 6. The van der Waals surface area contributed by atoms with Crippen LogP contribution in [0.2, 0.25) is 0 Å². The van der Waals surface area contributed by atoms with Crippen LogP contribution in [0.1, 0.15) is 48.2 Å². The van der Waals surface area contributed by atoms with Crippen LogP contribution in [-0.2, 0) is 16.1 Å². The number of likely N-dealkylation sites (tertiary alicyclic amines) is 1. The Kier molecular flexibility index (Phi) is 6.53. The second-order valence-corrected chi connectivity index (χ2v) is 8.36. The molecule has 2 saturated heterocycles. The Labute approximate surface area is 174 Å². The summed E-state index contributed by atoms with van der Waals surface area (Å²) in [7, 11) is 0. The summed E-state index contributed by atoms with van der Waals surface area (Å²) in [6.45, 7) is 3.68. The fourth-order valence-corrected chi connectivity index (χ4v) is 4.39. The number of nitrogens with zero attached hydrogens (tertiary/aromatic N) is 2. The number of piperidine rings is 1. The third kappa shape index (κ3) is 5.41. The van der Waals surface area contributed by atoms with Crippen LogP contribution in [-0.4, -0.2) is 47.5 Å². The molecule has 1 atom stereocenters. The fourth-order valence-electron chi connectivity index (χ4n) is 3.70. The molecule has 0 bridgehead atoms. The zero-order valence-electron chi connectivity index (χ0n) is 16.4. The van der Waals surface area contributed by atoms with Gasteiger partial charge >= 0.3 is 0 Å². The number of thiazole rings is 1. The molecule has 2 aliphatic heterocycles. The van der Waals surface area contributed by atoms with Crippen LogP contribution < -0.4 is 10.6 Å². The molecular weight excluding hydrogens is 388 g/mol. The van der Waals surface area contributed by atoms with E-state index in [1.807, 2.05) is 5.38 Å². The Hall–Kier alpha value is -2.29. The van der Waals surface area contributed by atoms with Crippen LogP contribution in [0.25, 0.3) is 0 Å². The van der Waals surface area contributed by atoms with Crippen LogP contribution in [0.4, 0.5) is 10.8 Å². The molecule has 2 amide bonds. The zero-order chi connectivity index (χ0) is 20.1. The molecule has 4 rings (SSSR count). The van der Waals surface area contributed by atoms with Crippen molar-refractivity contribution in [1.82, 2.24) is 9.88 Å². The van der Waals surface area contributed by atoms with Crippen molar-refractivity contribution in [2.24, 2.45) is 0 Å². The third-order valence-electron chi connectivity index (χ3n) is 5.22. The Morgan fingerprint density at radius 3 is 2.83 bits per heavy atom. The summed E-state index contributed by atoms with van der Waals surface area (Å²) in [5.41, 5.74) is 2.05. The summed E-state index contributed by atoms with van der Waals surface area (Å²) >= 11 is 1.44. The highest BCUT2D eigenvalue weighted by Gasteiger charge is 2.23. The van der Waals surface area contributed by atoms with E-state index in [1.165, 1.54) is 30.6 Å². The summed E-state index contributed by atoms with van der Waals surface area (Å²) in [6.07, 6.45) is 5.02. The topological polar surface area (TPSA) is 83.6 Å². The summed E-state index contributed by atoms with van der Waals surface area (Å²) < 4.78 is 5.40. The lowest BCUT2D eigenvalue weighted by Crippen LogP contribution is -2.29. The van der Waals surface area contributed by atoms with E-state index in [2.05, 4.69) is 20.5 Å². The lowest BCUT2D eigenvalue weighted by atomic mass is 10.1. The van der Waals surface area contributed by atoms with E-state index >= 15 is 0 Å². The summed E-state index contributed by atoms with van der Waals surface area (Å²) in [5, 5.41) is 8.29. The van der Waals surface area contributed by atoms with Gasteiger partial charge in [-0.1, -0.05) is 12.5 Å². The number of hydrogen-bond donors (Lipinski definition) is 2. The Morgan fingerprint density at radius 2 is 2.03 bits per heavy atom. The van der Waals surface area contributed by atoms with Gasteiger partial charge in [-0.25, -0.2) is 4.98 Å². The number of carbonyl (C=O) groups is 2. The smallest absolute Gasteiger partial charge is 0.257 e. The SMILES string of the molecule is O=C(Nc1nc(CN2CCCCC2)cs1)c1cccc(NC(=O)[C@H]2CCCO2)c1. The number of benzene rings is 1. The molecule has 0 spiro atoms. The second-order valence-electron chi connectivity index (χ2n) is 7.51. The molecule has 2 fully saturated rings. The monoisotopic (exact) mass is 414 g/mol. The van der Waals surface area contributed by atoms with Crippen molar-refractivity contribution < 1.29 is 14.3 Å². The zero-order valence-corrected chi connectivity index (χ0v) is 17.2. The summed E-state index contributed by atoms with van der Waals surface area (Å²) in [6, 6.07) is 6.91. The first-order valence-electron chi connectivity index (χ1n) is 10.2. The van der Waals surface area contributed by atoms with E-state index in [9.17, 15) is 9.59 Å². The molecule has 2 aliphatic rings. The van der Waals surface area contributed by atoms with Gasteiger partial charge in [0.25, 0.3) is 11.8 Å². The summed E-state index contributed by atoms with van der Waals surface area (Å²) in [4.78, 5) is 31.8. The minimum Gasteiger partial charge on any atom is -0.368 e. The van der Waals surface area contributed by atoms with Crippen molar-refractivity contribution in [3.63, 3.8) is 0 Å². The van der Waals surface area contributed by atoms with Gasteiger partial charge in [-0.2, -0.15) is 0 Å². The Bertz CT molecular complexity index is 857. The average Bonchev–Trinajstić information content (AvgIpc) is 3.41. The van der Waals surface area contributed by atoms with Gasteiger partial charge < -0.3 is 10.1 Å². The first-order chi connectivity index (χ1) is 14.2. The van der Waals surface area contributed by atoms with Crippen molar-refractivity contribution in [3.05, 3.63) is 40.9 Å². The van der Waals surface area contributed by atoms with Crippen molar-refractivity contribution in [3.8, 4) is 0 Å². The average molecular weight is 415 g/mol. The van der Waals surface area contributed by atoms with Crippen LogP contribution in [0.3, 0.4) is 0 Å². The number of ether oxygens (including phenoxy) is 1. The first kappa shape index (κ1) is 20.0. The highest BCUT2D eigenvalue weighted by atomic mass is 32.1. The molecule has 8 heteroatoms. The largest absolute Gasteiger partial charge is 0.368 e. The van der Waals surface area contributed by atoms with Gasteiger partial charge in [-0.3, -0.25) is 19.8 Å². The molecule has 7 nitrogen and oxygen atoms in total. The molecular formula is C21H26N4O3S. The highest BCUT2D eigenvalue weighted by Crippen LogP contribution is 2.21. The highest BCUT2D eigenvalue weighted by molar-refractivity contribution is 7.14. The molecule has 1 aromatic heterocycles. The van der Waals surface area contributed by atoms with E-state index < -0.39 is 6.10 Å². The number of anilines is 2. The van der Waals surface area contributed by atoms with Gasteiger partial charge in [0.1, 0.15) is 6.10 Å². The molecule has 3 heterocycles. The normalized spacial score (nSPS) is 19.8. The van der Waals surface area contributed by atoms with Gasteiger partial charge in [-0.15, -0.1) is 11.3 Å². The second kappa shape index (κ2) is 9.47. The molecule has 1 aromatic carbocycles. The molecule has 29 heavy (non-hydrogen) atoms. The van der Waals surface area contributed by atoms with Gasteiger partial charge in [0.15, 0.2) is 5.13 Å². The number of hydrogen-bond acceptors (Lipinski definition) is 6. The predicted molar refractivity (Wildman–Crippen MR) is 113 cm³/mol. The molecule has 0 unspecified atom stereocenters. The minimum absolute atomic E-state index is 0.165. The molecule has 2 N–H and O–H groups in total. The standard InChI is InChI=1S/C21H26N4O3S/c26-19(24-21-23-17(14-29-21)13-25-9-2-1-3-10-25)15-6-4-7-16(12-15)22-20(27)18-8-5-11-28-18/h4,6-7,12,14,18H,1-3,5,8-11,13H2,(H,22,27)(H,23,24,26)/t18-/m1/s1. The van der Waals surface area contributed by atoms with Crippen molar-refractivity contribution in [2.45, 2.75) is 44.8 Å². The van der Waals surface area contributed by atoms with Gasteiger partial charge in [0.05, 0.1) is 5.69 Å². The maximum atomic E-state index is 12.6. The van der Waals surface area contributed by atoms with Crippen molar-refractivity contribution in [2.75, 3.05) is 30.3 Å². The van der Waals surface area contributed by atoms with Crippen LogP contribution in [0.5, 0.6) is 0 Å². The van der Waals surface area contributed by atoms with Crippen molar-refractivity contribution in [1.29, 1.82) is 0 Å². The molecule has 0 aliphatic carbocycles. The Balaban J connectivity index is 1.34. The van der Waals surface area contributed by atoms with Crippen LogP contribution in [0.15, 0.2) is 29.6 Å². The number of nitrogens with one attached hydrogen (secondary N) is 2. The fraction of sp³-hybridized carbons (Fsp3) is 0.476.